The molecular formula is C12H11Cl2N5. The molecule has 0 saturated carbocycles. The number of hydrogen-bond donors (Lipinski definition) is 0. The van der Waals surface area contributed by atoms with Gasteiger partial charge in [-0.25, -0.2) is 0 Å². The predicted molar refractivity (Wildman–Crippen MR) is 74.5 cm³/mol. The fourth-order valence-corrected chi connectivity index (χ4v) is 2.42. The molecule has 3 rings (SSSR count). The lowest BCUT2D eigenvalue weighted by molar-refractivity contribution is 0.514. The molecule has 0 amide bonds. The van der Waals surface area contributed by atoms with Gasteiger partial charge in [-0.3, -0.25) is 0 Å². The van der Waals surface area contributed by atoms with Gasteiger partial charge in [0.25, 0.3) is 0 Å². The van der Waals surface area contributed by atoms with Gasteiger partial charge < -0.3 is 0 Å². The highest BCUT2D eigenvalue weighted by Crippen LogP contribution is 2.34. The van der Waals surface area contributed by atoms with E-state index in [2.05, 4.69) is 22.4 Å². The van der Waals surface area contributed by atoms with Crippen LogP contribution in [0.5, 0.6) is 0 Å². The van der Waals surface area contributed by atoms with Crippen LogP contribution in [-0.4, -0.2) is 9.89 Å². The maximum atomic E-state index is 6.19. The third kappa shape index (κ3) is 2.31. The van der Waals surface area contributed by atoms with Crippen LogP contribution in [-0.2, 0) is 13.0 Å². The third-order valence-electron chi connectivity index (χ3n) is 2.96. The van der Waals surface area contributed by atoms with Crippen LogP contribution in [0.1, 0.15) is 18.1 Å². The monoisotopic (exact) mass is 295 g/mol. The molecule has 0 bridgehead atoms. The maximum Gasteiger partial charge on any atom is 0.0956 e. The third-order valence-corrected chi connectivity index (χ3v) is 3.52. The van der Waals surface area contributed by atoms with Crippen LogP contribution in [0.4, 0.5) is 5.69 Å². The summed E-state index contributed by atoms with van der Waals surface area (Å²) in [6.45, 7) is 2.59. The first kappa shape index (κ1) is 12.4. The van der Waals surface area contributed by atoms with Crippen molar-refractivity contribution < 1.29 is 0 Å². The van der Waals surface area contributed by atoms with Crippen molar-refractivity contribution in [3.8, 4) is 0 Å². The van der Waals surface area contributed by atoms with E-state index in [-0.39, 0.29) is 0 Å². The van der Waals surface area contributed by atoms with Crippen molar-refractivity contribution in [2.75, 3.05) is 5.12 Å². The number of rotatable bonds is 2. The Bertz CT molecular complexity index is 650. The summed E-state index contributed by atoms with van der Waals surface area (Å²) < 4.78 is 0. The van der Waals surface area contributed by atoms with Gasteiger partial charge in [0.2, 0.25) is 0 Å². The molecule has 2 heterocycles. The Morgan fingerprint density at radius 3 is 2.89 bits per heavy atom. The Morgan fingerprint density at radius 2 is 2.16 bits per heavy atom. The Kier molecular flexibility index (Phi) is 3.16. The average Bonchev–Trinajstić information content (AvgIpc) is 2.87. The van der Waals surface area contributed by atoms with Crippen molar-refractivity contribution in [3.05, 3.63) is 45.7 Å². The molecule has 1 aromatic carbocycles. The molecule has 0 fully saturated rings. The molecule has 0 N–H and O–H groups in total. The summed E-state index contributed by atoms with van der Waals surface area (Å²) in [5.41, 5.74) is 2.74. The first-order chi connectivity index (χ1) is 9.17. The predicted octanol–water partition coefficient (Wildman–Crippen LogP) is 3.90. The first-order valence-corrected chi connectivity index (χ1v) is 6.64. The molecule has 0 unspecified atom stereocenters. The Hall–Kier alpha value is -1.59. The topological polar surface area (TPSA) is 45.8 Å². The van der Waals surface area contributed by atoms with Gasteiger partial charge in [-0.05, 0) is 29.3 Å². The summed E-state index contributed by atoms with van der Waals surface area (Å²) in [6, 6.07) is 3.46. The molecule has 5 nitrogen and oxygen atoms in total. The van der Waals surface area contributed by atoms with E-state index in [1.54, 1.807) is 22.0 Å². The van der Waals surface area contributed by atoms with Gasteiger partial charge in [0.1, 0.15) is 0 Å². The fraction of sp³-hybridized carbons (Fsp3) is 0.250. The lowest BCUT2D eigenvalue weighted by Crippen LogP contribution is -2.30. The standard InChI is InChI=1S/C12H11Cl2N5/c1-2-8-5-15-18(6-8)19-7-10-11(14)3-9(13)4-12(10)16-17-19/h3-6H,2,7H2,1H3. The Balaban J connectivity index is 1.94. The van der Waals surface area contributed by atoms with Crippen molar-refractivity contribution in [3.63, 3.8) is 0 Å². The zero-order valence-corrected chi connectivity index (χ0v) is 11.7. The molecule has 19 heavy (non-hydrogen) atoms. The summed E-state index contributed by atoms with van der Waals surface area (Å²) >= 11 is 12.1. The van der Waals surface area contributed by atoms with Crippen LogP contribution in [0, 0.1) is 0 Å². The highest BCUT2D eigenvalue weighted by Gasteiger charge is 2.19. The summed E-state index contributed by atoms with van der Waals surface area (Å²) in [6.07, 6.45) is 4.67. The minimum atomic E-state index is 0.514. The quantitative estimate of drug-likeness (QED) is 0.843. The Labute approximate surface area is 120 Å². The van der Waals surface area contributed by atoms with E-state index in [0.717, 1.165) is 17.5 Å². The largest absolute Gasteiger partial charge is 0.161 e. The lowest BCUT2D eigenvalue weighted by atomic mass is 10.2. The lowest BCUT2D eigenvalue weighted by Gasteiger charge is -2.22. The van der Waals surface area contributed by atoms with Gasteiger partial charge in [0.15, 0.2) is 0 Å². The second-order valence-electron chi connectivity index (χ2n) is 4.23. The van der Waals surface area contributed by atoms with E-state index >= 15 is 0 Å². The van der Waals surface area contributed by atoms with Crippen LogP contribution in [0.3, 0.4) is 0 Å². The van der Waals surface area contributed by atoms with Gasteiger partial charge in [-0.15, -0.1) is 5.11 Å². The summed E-state index contributed by atoms with van der Waals surface area (Å²) in [7, 11) is 0. The van der Waals surface area contributed by atoms with E-state index in [1.165, 1.54) is 0 Å². The minimum absolute atomic E-state index is 0.514. The van der Waals surface area contributed by atoms with Crippen LogP contribution < -0.4 is 5.12 Å². The maximum absolute atomic E-state index is 6.19. The molecule has 1 aliphatic rings. The second-order valence-corrected chi connectivity index (χ2v) is 5.07. The normalized spacial score (nSPS) is 13.7. The molecule has 0 atom stereocenters. The van der Waals surface area contributed by atoms with Gasteiger partial charge in [0, 0.05) is 15.6 Å². The Morgan fingerprint density at radius 1 is 1.32 bits per heavy atom. The van der Waals surface area contributed by atoms with E-state index in [4.69, 9.17) is 23.2 Å². The number of halogens is 2. The van der Waals surface area contributed by atoms with Crippen LogP contribution in [0.25, 0.3) is 0 Å². The molecule has 0 aliphatic carbocycles. The molecule has 1 aromatic heterocycles. The molecule has 2 aromatic rings. The zero-order valence-electron chi connectivity index (χ0n) is 10.2. The fourth-order valence-electron chi connectivity index (χ4n) is 1.88. The molecule has 7 heteroatoms. The molecule has 1 aliphatic heterocycles. The number of benzene rings is 1. The van der Waals surface area contributed by atoms with E-state index < -0.39 is 0 Å². The van der Waals surface area contributed by atoms with Crippen LogP contribution in [0.2, 0.25) is 10.0 Å². The number of hydrogen-bond acceptors (Lipinski definition) is 4. The number of aryl methyl sites for hydroxylation is 1. The second kappa shape index (κ2) is 4.83. The van der Waals surface area contributed by atoms with E-state index in [9.17, 15) is 0 Å². The summed E-state index contributed by atoms with van der Waals surface area (Å²) in [5, 5.41) is 15.3. The zero-order chi connectivity index (χ0) is 13.4. The van der Waals surface area contributed by atoms with E-state index in [1.807, 2.05) is 12.4 Å². The van der Waals surface area contributed by atoms with Crippen molar-refractivity contribution in [1.29, 1.82) is 0 Å². The van der Waals surface area contributed by atoms with Gasteiger partial charge in [-0.1, -0.05) is 30.1 Å². The molecule has 98 valence electrons. The van der Waals surface area contributed by atoms with Crippen LogP contribution in [0.15, 0.2) is 34.9 Å². The van der Waals surface area contributed by atoms with Gasteiger partial charge >= 0.3 is 0 Å². The smallest absolute Gasteiger partial charge is 0.0956 e. The van der Waals surface area contributed by atoms with Gasteiger partial charge in [-0.2, -0.15) is 15.0 Å². The van der Waals surface area contributed by atoms with Crippen molar-refractivity contribution in [2.45, 2.75) is 19.9 Å². The molecule has 0 saturated heterocycles. The van der Waals surface area contributed by atoms with Gasteiger partial charge in [0.05, 0.1) is 24.6 Å². The summed E-state index contributed by atoms with van der Waals surface area (Å²) in [4.78, 5) is 1.66. The molecule has 0 spiro atoms. The SMILES string of the molecule is CCc1cnn(N2Cc3c(Cl)cc(Cl)cc3N=N2)c1. The highest BCUT2D eigenvalue weighted by atomic mass is 35.5. The van der Waals surface area contributed by atoms with Crippen molar-refractivity contribution in [2.24, 2.45) is 10.3 Å². The van der Waals surface area contributed by atoms with E-state index in [0.29, 0.717) is 22.3 Å². The van der Waals surface area contributed by atoms with Crippen molar-refractivity contribution >= 4 is 28.9 Å². The number of aromatic nitrogens is 2. The number of nitrogens with zero attached hydrogens (tertiary/aromatic N) is 5. The van der Waals surface area contributed by atoms with Crippen molar-refractivity contribution in [1.82, 2.24) is 9.89 Å². The average molecular weight is 296 g/mol. The number of fused-ring (bicyclic) bond motifs is 1. The summed E-state index contributed by atoms with van der Waals surface area (Å²) in [5.74, 6) is 0. The highest BCUT2D eigenvalue weighted by molar-refractivity contribution is 6.35. The molecule has 0 radical (unpaired) electrons. The molecular weight excluding hydrogens is 285 g/mol. The van der Waals surface area contributed by atoms with Crippen LogP contribution >= 0.6 is 23.2 Å². The first-order valence-electron chi connectivity index (χ1n) is 5.88. The minimum Gasteiger partial charge on any atom is -0.161 e.